The van der Waals surface area contributed by atoms with Crippen molar-refractivity contribution in [3.63, 3.8) is 0 Å². The lowest BCUT2D eigenvalue weighted by atomic mass is 10.2. The van der Waals surface area contributed by atoms with Crippen LogP contribution < -0.4 is 0 Å². The summed E-state index contributed by atoms with van der Waals surface area (Å²) in [5.74, 6) is -0.982. The quantitative estimate of drug-likeness (QED) is 0.0216. The van der Waals surface area contributed by atoms with E-state index in [1.165, 1.54) is 0 Å². The summed E-state index contributed by atoms with van der Waals surface area (Å²) in [6.45, 7) is 4.00. The Labute approximate surface area is 364 Å². The van der Waals surface area contributed by atoms with Gasteiger partial charge in [0.1, 0.15) is 19.8 Å². The van der Waals surface area contributed by atoms with Crippen LogP contribution in [0.4, 0.5) is 0 Å². The fourth-order valence-corrected chi connectivity index (χ4v) is 5.58. The summed E-state index contributed by atoms with van der Waals surface area (Å²) in [6, 6.07) is 0. The van der Waals surface area contributed by atoms with Crippen LogP contribution in [-0.2, 0) is 32.7 Å². The van der Waals surface area contributed by atoms with Crippen molar-refractivity contribution in [3.8, 4) is 0 Å². The maximum atomic E-state index is 12.7. The predicted octanol–water partition coefficient (Wildman–Crippen LogP) is 12.7. The summed E-state index contributed by atoms with van der Waals surface area (Å²) < 4.78 is 34.1. The van der Waals surface area contributed by atoms with E-state index in [1.54, 1.807) is 0 Å². The largest absolute Gasteiger partial charge is 0.472 e. The summed E-state index contributed by atoms with van der Waals surface area (Å²) in [7, 11) is 1.37. The van der Waals surface area contributed by atoms with Crippen LogP contribution in [0.25, 0.3) is 0 Å². The summed E-state index contributed by atoms with van der Waals surface area (Å²) in [5.41, 5.74) is 0. The Morgan fingerprint density at radius 3 is 1.30 bits per heavy atom. The number of likely N-dealkylation sites (N-methyl/N-ethyl adjacent to an activating group) is 1. The number of rotatable bonds is 37. The molecule has 0 aromatic heterocycles. The Hall–Kier alpha value is -3.85. The highest BCUT2D eigenvalue weighted by atomic mass is 31.2. The molecule has 0 spiro atoms. The minimum atomic E-state index is -4.42. The van der Waals surface area contributed by atoms with Crippen molar-refractivity contribution in [1.82, 2.24) is 0 Å². The van der Waals surface area contributed by atoms with Crippen LogP contribution >= 0.6 is 7.82 Å². The molecule has 0 heterocycles. The maximum Gasteiger partial charge on any atom is 0.472 e. The third kappa shape index (κ3) is 43.7. The summed E-state index contributed by atoms with van der Waals surface area (Å²) >= 11 is 0. The van der Waals surface area contributed by atoms with Gasteiger partial charge in [-0.15, -0.1) is 0 Å². The molecule has 60 heavy (non-hydrogen) atoms. The molecule has 2 atom stereocenters. The number of allylic oxidation sites excluding steroid dienone is 22. The highest BCUT2D eigenvalue weighted by Crippen LogP contribution is 2.43. The fraction of sp³-hybridized carbons (Fsp3) is 0.520. The van der Waals surface area contributed by atoms with Gasteiger partial charge >= 0.3 is 19.8 Å². The highest BCUT2D eigenvalue weighted by Gasteiger charge is 2.27. The summed E-state index contributed by atoms with van der Waals surface area (Å²) in [5, 5.41) is 0. The Morgan fingerprint density at radius 2 is 0.900 bits per heavy atom. The van der Waals surface area contributed by atoms with Crippen molar-refractivity contribution in [2.75, 3.05) is 47.5 Å². The second kappa shape index (κ2) is 40.6. The molecule has 0 rings (SSSR count). The first-order chi connectivity index (χ1) is 29.0. The number of esters is 2. The van der Waals surface area contributed by atoms with Crippen LogP contribution in [0.2, 0.25) is 0 Å². The van der Waals surface area contributed by atoms with Gasteiger partial charge in [0.25, 0.3) is 0 Å². The molecule has 0 bridgehead atoms. The van der Waals surface area contributed by atoms with Gasteiger partial charge in [0.05, 0.1) is 27.7 Å². The van der Waals surface area contributed by atoms with E-state index >= 15 is 0 Å². The van der Waals surface area contributed by atoms with Crippen molar-refractivity contribution < 1.29 is 42.1 Å². The maximum absolute atomic E-state index is 12.7. The molecule has 0 radical (unpaired) electrons. The molecule has 0 fully saturated rings. The van der Waals surface area contributed by atoms with E-state index in [-0.39, 0.29) is 26.1 Å². The Morgan fingerprint density at radius 1 is 0.517 bits per heavy atom. The third-order valence-electron chi connectivity index (χ3n) is 8.19. The number of carbonyl (C=O) groups is 2. The zero-order valence-corrected chi connectivity index (χ0v) is 38.5. The van der Waals surface area contributed by atoms with Gasteiger partial charge < -0.3 is 18.9 Å². The number of nitrogens with zero attached hydrogens (tertiary/aromatic N) is 1. The molecule has 0 aromatic rings. The molecular weight excluding hydrogens is 774 g/mol. The molecule has 1 N–H and O–H groups in total. The predicted molar refractivity (Wildman–Crippen MR) is 251 cm³/mol. The van der Waals surface area contributed by atoms with Gasteiger partial charge in [-0.25, -0.2) is 4.57 Å². The SMILES string of the molecule is CC/C=C\C/C=C\C/C=C\C/C=C\C/C=C\C/C=C\CCC(=O)O[C@H](COC(=O)CCC/C=C\C/C=C\C/C=C\C/C=C\C/C=C\CC)COP(=O)(O)OCC[N+](C)(C)C. The average Bonchev–Trinajstić information content (AvgIpc) is 3.20. The van der Waals surface area contributed by atoms with Crippen molar-refractivity contribution in [2.24, 2.45) is 0 Å². The number of phosphoric acid groups is 1. The molecule has 10 heteroatoms. The van der Waals surface area contributed by atoms with Gasteiger partial charge in [-0.2, -0.15) is 0 Å². The molecule has 0 saturated carbocycles. The van der Waals surface area contributed by atoms with Crippen LogP contribution in [0.3, 0.4) is 0 Å². The number of quaternary nitrogens is 1. The monoisotopic (exact) mass is 853 g/mol. The Bertz CT molecular complexity index is 1470. The van der Waals surface area contributed by atoms with Crippen molar-refractivity contribution in [2.45, 2.75) is 123 Å². The highest BCUT2D eigenvalue weighted by molar-refractivity contribution is 7.47. The number of phosphoric ester groups is 1. The lowest BCUT2D eigenvalue weighted by Gasteiger charge is -2.24. The molecule has 1 unspecified atom stereocenters. The van der Waals surface area contributed by atoms with Crippen LogP contribution in [0, 0.1) is 0 Å². The molecular formula is C50H79NO8P+. The van der Waals surface area contributed by atoms with Crippen molar-refractivity contribution >= 4 is 19.8 Å². The summed E-state index contributed by atoms with van der Waals surface area (Å²) in [6.07, 6.45) is 58.1. The number of ether oxygens (including phenoxy) is 2. The van der Waals surface area contributed by atoms with E-state index in [0.29, 0.717) is 23.9 Å². The standard InChI is InChI=1S/C50H78NO8P/c1-6-8-10-12-14-16-18-20-22-24-25-27-29-31-33-35-37-39-41-43-50(53)59-48(47-58-60(54,55)57-45-44-51(3,4)5)46-56-49(52)42-40-38-36-34-32-30-28-26-23-21-19-17-15-13-11-9-7-2/h8-11,14-17,20-23,25,27-28,30-31,33-34,36-37,39,48H,6-7,12-13,18-19,24,26,29,32,35,38,40-47H2,1-5H3/p+1/b10-8-,11-9-,16-14-,17-15-,22-20-,23-21-,27-25-,30-28-,33-31-,36-34-,39-37-/t48-/m1/s1. The van der Waals surface area contributed by atoms with E-state index < -0.39 is 32.5 Å². The molecule has 0 aliphatic carbocycles. The minimum Gasteiger partial charge on any atom is -0.462 e. The molecule has 0 saturated heterocycles. The lowest BCUT2D eigenvalue weighted by molar-refractivity contribution is -0.870. The van der Waals surface area contributed by atoms with Gasteiger partial charge in [-0.3, -0.25) is 18.6 Å². The van der Waals surface area contributed by atoms with E-state index in [0.717, 1.165) is 77.0 Å². The third-order valence-corrected chi connectivity index (χ3v) is 9.17. The molecule has 0 aliphatic rings. The molecule has 0 amide bonds. The fourth-order valence-electron chi connectivity index (χ4n) is 4.84. The molecule has 0 aromatic carbocycles. The molecule has 336 valence electrons. The zero-order chi connectivity index (χ0) is 44.3. The van der Waals surface area contributed by atoms with Crippen LogP contribution in [0.5, 0.6) is 0 Å². The summed E-state index contributed by atoms with van der Waals surface area (Å²) in [4.78, 5) is 35.3. The van der Waals surface area contributed by atoms with Gasteiger partial charge in [-0.05, 0) is 89.9 Å². The van der Waals surface area contributed by atoms with Gasteiger partial charge in [0, 0.05) is 12.8 Å². The van der Waals surface area contributed by atoms with Gasteiger partial charge in [0.2, 0.25) is 0 Å². The van der Waals surface area contributed by atoms with Crippen molar-refractivity contribution in [1.29, 1.82) is 0 Å². The first kappa shape index (κ1) is 56.1. The van der Waals surface area contributed by atoms with E-state index in [4.69, 9.17) is 18.5 Å². The van der Waals surface area contributed by atoms with Gasteiger partial charge in [-0.1, -0.05) is 148 Å². The topological polar surface area (TPSA) is 108 Å². The second-order valence-corrected chi connectivity index (χ2v) is 16.4. The smallest absolute Gasteiger partial charge is 0.462 e. The Balaban J connectivity index is 4.62. The van der Waals surface area contributed by atoms with E-state index in [1.807, 2.05) is 39.4 Å². The Kier molecular flexibility index (Phi) is 37.9. The van der Waals surface area contributed by atoms with E-state index in [9.17, 15) is 19.0 Å². The second-order valence-electron chi connectivity index (χ2n) is 15.0. The van der Waals surface area contributed by atoms with Crippen LogP contribution in [0.15, 0.2) is 134 Å². The first-order valence-corrected chi connectivity index (χ1v) is 23.4. The van der Waals surface area contributed by atoms with Gasteiger partial charge in [0.15, 0.2) is 6.10 Å². The number of hydrogen-bond acceptors (Lipinski definition) is 7. The zero-order valence-electron chi connectivity index (χ0n) is 37.6. The van der Waals surface area contributed by atoms with Crippen LogP contribution in [0.1, 0.15) is 117 Å². The molecule has 0 aliphatic heterocycles. The molecule has 9 nitrogen and oxygen atoms in total. The number of unbranched alkanes of at least 4 members (excludes halogenated alkanes) is 1. The van der Waals surface area contributed by atoms with E-state index in [2.05, 4.69) is 129 Å². The normalized spacial score (nSPS) is 14.8. The van der Waals surface area contributed by atoms with Crippen LogP contribution in [-0.4, -0.2) is 74.9 Å². The number of carbonyl (C=O) groups excluding carboxylic acids is 2. The number of hydrogen-bond donors (Lipinski definition) is 1. The first-order valence-electron chi connectivity index (χ1n) is 21.9. The lowest BCUT2D eigenvalue weighted by Crippen LogP contribution is -2.37. The minimum absolute atomic E-state index is 0.000559. The average molecular weight is 853 g/mol. The van der Waals surface area contributed by atoms with Crippen molar-refractivity contribution in [3.05, 3.63) is 134 Å².